The number of hydrogen-bond donors (Lipinski definition) is 1. The van der Waals surface area contributed by atoms with Crippen molar-refractivity contribution in [1.29, 1.82) is 0 Å². The van der Waals surface area contributed by atoms with E-state index in [1.165, 1.54) is 6.07 Å². The minimum Gasteiger partial charge on any atom is -0.343 e. The number of aryl methyl sites for hydroxylation is 1. The van der Waals surface area contributed by atoms with E-state index in [2.05, 4.69) is 17.2 Å². The van der Waals surface area contributed by atoms with E-state index >= 15 is 0 Å². The van der Waals surface area contributed by atoms with E-state index in [0.29, 0.717) is 17.1 Å². The summed E-state index contributed by atoms with van der Waals surface area (Å²) in [4.78, 5) is 30.2. The van der Waals surface area contributed by atoms with Crippen molar-refractivity contribution < 1.29 is 4.79 Å². The monoisotopic (exact) mass is 361 g/mol. The van der Waals surface area contributed by atoms with Crippen LogP contribution in [0.2, 0.25) is 0 Å². The fourth-order valence-electron chi connectivity index (χ4n) is 3.08. The lowest BCUT2D eigenvalue weighted by atomic mass is 10.1. The van der Waals surface area contributed by atoms with Gasteiger partial charge in [-0.1, -0.05) is 37.6 Å². The average molecular weight is 361 g/mol. The lowest BCUT2D eigenvalue weighted by Crippen LogP contribution is -2.27. The highest BCUT2D eigenvalue weighted by Gasteiger charge is 2.22. The summed E-state index contributed by atoms with van der Waals surface area (Å²) in [6, 6.07) is 16.2. The zero-order valence-electron chi connectivity index (χ0n) is 15.6. The van der Waals surface area contributed by atoms with Crippen molar-refractivity contribution in [3.63, 3.8) is 0 Å². The minimum absolute atomic E-state index is 0.124. The first-order valence-corrected chi connectivity index (χ1v) is 9.14. The molecule has 0 spiro atoms. The molecular formula is C22H23N3O2. The fourth-order valence-corrected chi connectivity index (χ4v) is 3.08. The summed E-state index contributed by atoms with van der Waals surface area (Å²) in [5.41, 5.74) is 2.49. The van der Waals surface area contributed by atoms with Gasteiger partial charge in [0.25, 0.3) is 5.91 Å². The second-order valence-electron chi connectivity index (χ2n) is 6.41. The summed E-state index contributed by atoms with van der Waals surface area (Å²) in [6.07, 6.45) is 3.63. The highest BCUT2D eigenvalue weighted by molar-refractivity contribution is 6.07. The Morgan fingerprint density at radius 2 is 1.85 bits per heavy atom. The smallest absolute Gasteiger partial charge is 0.261 e. The summed E-state index contributed by atoms with van der Waals surface area (Å²) in [5, 5.41) is 2.83. The molecule has 1 amide bonds. The Balaban J connectivity index is 2.17. The molecule has 0 aliphatic heterocycles. The Kier molecular flexibility index (Phi) is 5.81. The van der Waals surface area contributed by atoms with E-state index in [9.17, 15) is 9.59 Å². The van der Waals surface area contributed by atoms with Crippen LogP contribution < -0.4 is 10.7 Å². The highest BCUT2D eigenvalue weighted by Crippen LogP contribution is 2.23. The van der Waals surface area contributed by atoms with Crippen LogP contribution >= 0.6 is 0 Å². The molecular weight excluding hydrogens is 338 g/mol. The van der Waals surface area contributed by atoms with Crippen LogP contribution in [0.15, 0.2) is 65.6 Å². The Morgan fingerprint density at radius 1 is 1.11 bits per heavy atom. The van der Waals surface area contributed by atoms with Crippen LogP contribution in [-0.2, 0) is 6.54 Å². The zero-order chi connectivity index (χ0) is 19.2. The summed E-state index contributed by atoms with van der Waals surface area (Å²) in [6.45, 7) is 4.73. The van der Waals surface area contributed by atoms with Gasteiger partial charge >= 0.3 is 0 Å². The van der Waals surface area contributed by atoms with Gasteiger partial charge in [0, 0.05) is 30.2 Å². The third-order valence-corrected chi connectivity index (χ3v) is 4.42. The molecule has 0 aliphatic carbocycles. The van der Waals surface area contributed by atoms with Crippen molar-refractivity contribution in [2.45, 2.75) is 33.2 Å². The van der Waals surface area contributed by atoms with Gasteiger partial charge in [-0.25, -0.2) is 0 Å². The number of aromatic nitrogens is 2. The number of pyridine rings is 2. The second kappa shape index (κ2) is 8.45. The number of nitrogens with one attached hydrogen (secondary N) is 1. The van der Waals surface area contributed by atoms with Crippen LogP contribution in [0.3, 0.4) is 0 Å². The molecule has 0 saturated heterocycles. The molecule has 1 aromatic carbocycles. The topological polar surface area (TPSA) is 64.0 Å². The molecule has 27 heavy (non-hydrogen) atoms. The predicted molar refractivity (Wildman–Crippen MR) is 108 cm³/mol. The third-order valence-electron chi connectivity index (χ3n) is 4.42. The maximum absolute atomic E-state index is 13.0. The molecule has 3 rings (SSSR count). The van der Waals surface area contributed by atoms with E-state index in [4.69, 9.17) is 0 Å². The lowest BCUT2D eigenvalue weighted by molar-refractivity contribution is 0.102. The molecule has 5 heteroatoms. The quantitative estimate of drug-likeness (QED) is 0.713. The molecule has 5 nitrogen and oxygen atoms in total. The number of rotatable bonds is 6. The number of hydrogen-bond acceptors (Lipinski definition) is 3. The molecule has 138 valence electrons. The highest BCUT2D eigenvalue weighted by atomic mass is 16.2. The molecule has 0 saturated carbocycles. The predicted octanol–water partition coefficient (Wildman–Crippen LogP) is 4.27. The van der Waals surface area contributed by atoms with Gasteiger partial charge in [-0.2, -0.15) is 0 Å². The Labute approximate surface area is 158 Å². The molecule has 2 heterocycles. The van der Waals surface area contributed by atoms with Crippen LogP contribution in [0.1, 0.15) is 35.8 Å². The van der Waals surface area contributed by atoms with Crippen molar-refractivity contribution in [3.8, 4) is 11.4 Å². The molecule has 3 aromatic rings. The first kappa shape index (κ1) is 18.6. The van der Waals surface area contributed by atoms with Crippen molar-refractivity contribution in [2.75, 3.05) is 5.32 Å². The van der Waals surface area contributed by atoms with Crippen LogP contribution in [0, 0.1) is 6.92 Å². The van der Waals surface area contributed by atoms with Gasteiger partial charge in [0.05, 0.1) is 11.4 Å². The van der Waals surface area contributed by atoms with Crippen LogP contribution in [-0.4, -0.2) is 15.5 Å². The first-order valence-electron chi connectivity index (χ1n) is 9.14. The fraction of sp³-hybridized carbons (Fsp3) is 0.227. The van der Waals surface area contributed by atoms with Gasteiger partial charge in [-0.15, -0.1) is 0 Å². The summed E-state index contributed by atoms with van der Waals surface area (Å²) >= 11 is 0. The molecule has 0 radical (unpaired) electrons. The number of nitrogens with zero attached hydrogens (tertiary/aromatic N) is 2. The Bertz CT molecular complexity index is 980. The van der Waals surface area contributed by atoms with Crippen LogP contribution in [0.25, 0.3) is 11.4 Å². The number of anilines is 1. The largest absolute Gasteiger partial charge is 0.343 e. The molecule has 1 N–H and O–H groups in total. The number of benzene rings is 1. The van der Waals surface area contributed by atoms with Crippen LogP contribution in [0.5, 0.6) is 0 Å². The van der Waals surface area contributed by atoms with Crippen molar-refractivity contribution in [3.05, 3.63) is 82.3 Å². The van der Waals surface area contributed by atoms with E-state index in [1.54, 1.807) is 18.3 Å². The number of carbonyl (C=O) groups is 1. The molecule has 0 bridgehead atoms. The summed E-state index contributed by atoms with van der Waals surface area (Å²) in [7, 11) is 0. The summed E-state index contributed by atoms with van der Waals surface area (Å²) < 4.78 is 2.02. The molecule has 2 aromatic heterocycles. The van der Waals surface area contributed by atoms with E-state index in [1.807, 2.05) is 47.9 Å². The van der Waals surface area contributed by atoms with Gasteiger partial charge in [0.1, 0.15) is 5.56 Å². The van der Waals surface area contributed by atoms with E-state index in [0.717, 1.165) is 25.1 Å². The SMILES string of the molecule is CCCCn1c(C)cc(=O)c(C(=O)Nc2ccccc2)c1-c1ccccn1. The average Bonchev–Trinajstić information content (AvgIpc) is 2.68. The standard InChI is InChI=1S/C22H23N3O2/c1-3-4-14-25-16(2)15-19(26)20(21(25)18-12-8-9-13-23-18)22(27)24-17-10-6-5-7-11-17/h5-13,15H,3-4,14H2,1-2H3,(H,24,27). The Hall–Kier alpha value is -3.21. The minimum atomic E-state index is -0.419. The number of para-hydroxylation sites is 1. The Morgan fingerprint density at radius 3 is 2.52 bits per heavy atom. The van der Waals surface area contributed by atoms with E-state index in [-0.39, 0.29) is 11.0 Å². The summed E-state index contributed by atoms with van der Waals surface area (Å²) in [5.74, 6) is -0.419. The normalized spacial score (nSPS) is 10.6. The number of amides is 1. The molecule has 0 aliphatic rings. The lowest BCUT2D eigenvalue weighted by Gasteiger charge is -2.19. The van der Waals surface area contributed by atoms with Gasteiger partial charge in [-0.05, 0) is 37.6 Å². The van der Waals surface area contributed by atoms with Gasteiger partial charge in [0.2, 0.25) is 0 Å². The first-order chi connectivity index (χ1) is 13.1. The van der Waals surface area contributed by atoms with Gasteiger partial charge in [0.15, 0.2) is 5.43 Å². The zero-order valence-corrected chi connectivity index (χ0v) is 15.6. The number of unbranched alkanes of at least 4 members (excludes halogenated alkanes) is 1. The van der Waals surface area contributed by atoms with Gasteiger partial charge < -0.3 is 9.88 Å². The molecule has 0 fully saturated rings. The van der Waals surface area contributed by atoms with Crippen molar-refractivity contribution in [1.82, 2.24) is 9.55 Å². The second-order valence-corrected chi connectivity index (χ2v) is 6.41. The molecule has 0 atom stereocenters. The third kappa shape index (κ3) is 4.14. The van der Waals surface area contributed by atoms with Crippen molar-refractivity contribution in [2.24, 2.45) is 0 Å². The maximum atomic E-state index is 13.0. The maximum Gasteiger partial charge on any atom is 0.261 e. The van der Waals surface area contributed by atoms with E-state index < -0.39 is 5.91 Å². The van der Waals surface area contributed by atoms with Crippen LogP contribution in [0.4, 0.5) is 5.69 Å². The molecule has 0 unspecified atom stereocenters. The van der Waals surface area contributed by atoms with Crippen molar-refractivity contribution >= 4 is 11.6 Å². The van der Waals surface area contributed by atoms with Gasteiger partial charge in [-0.3, -0.25) is 14.6 Å². The number of carbonyl (C=O) groups excluding carboxylic acids is 1.